The summed E-state index contributed by atoms with van der Waals surface area (Å²) in [6.07, 6.45) is 0. The van der Waals surface area contributed by atoms with Gasteiger partial charge < -0.3 is 153 Å². The molecule has 0 aliphatic heterocycles. The quantitative estimate of drug-likeness (QED) is 0.0336. The van der Waals surface area contributed by atoms with E-state index in [-0.39, 0.29) is 31.1 Å². The zero-order valence-electron chi connectivity index (χ0n) is 38.9. The van der Waals surface area contributed by atoms with Crippen molar-refractivity contribution in [3.63, 3.8) is 0 Å². The summed E-state index contributed by atoms with van der Waals surface area (Å²) in [4.78, 5) is 0. The molecule has 0 aliphatic carbocycles. The first-order valence-electron chi connectivity index (χ1n) is 21.6. The molecule has 81 heavy (non-hydrogen) atoms. The van der Waals surface area contributed by atoms with E-state index in [1.54, 1.807) is 0 Å². The molecule has 0 spiro atoms. The van der Waals surface area contributed by atoms with Crippen molar-refractivity contribution in [2.45, 2.75) is 0 Å². The van der Waals surface area contributed by atoms with Crippen molar-refractivity contribution in [2.75, 3.05) is 0 Å². The number of aromatic hydroxyl groups is 29. The van der Waals surface area contributed by atoms with Crippen molar-refractivity contribution in [1.29, 1.82) is 0 Å². The summed E-state index contributed by atoms with van der Waals surface area (Å²) < 4.78 is 5.63. The number of hydrogen-bond donors (Lipinski definition) is 29. The van der Waals surface area contributed by atoms with Gasteiger partial charge in [-0.15, -0.1) is 0 Å². The molecule has 0 fully saturated rings. The van der Waals surface area contributed by atoms with Crippen LogP contribution in [0, 0.1) is 37.2 Å². The van der Waals surface area contributed by atoms with E-state index in [0.29, 0.717) is 0 Å². The van der Waals surface area contributed by atoms with E-state index in [9.17, 15) is 148 Å². The Morgan fingerprint density at radius 2 is 0.432 bits per heavy atom. The van der Waals surface area contributed by atoms with Crippen molar-refractivity contribution in [1.82, 2.24) is 0 Å². The van der Waals surface area contributed by atoms with Crippen LogP contribution in [-0.2, 0) is 0 Å². The van der Waals surface area contributed by atoms with Gasteiger partial charge in [-0.2, -0.15) is 0 Å². The van der Waals surface area contributed by atoms with Crippen LogP contribution in [0.2, 0.25) is 0 Å². The third-order valence-corrected chi connectivity index (χ3v) is 13.9. The smallest absolute Gasteiger partial charge is 0.205 e. The second-order valence-corrected chi connectivity index (χ2v) is 17.7. The first kappa shape index (κ1) is 53.0. The molecule has 0 unspecified atom stereocenters. The fourth-order valence-electron chi connectivity index (χ4n) is 10.4. The number of benzene rings is 10. The average Bonchev–Trinajstić information content (AvgIpc) is 3.99. The van der Waals surface area contributed by atoms with Gasteiger partial charge in [-0.3, -0.25) is 0 Å². The molecule has 11 aromatic rings. The van der Waals surface area contributed by atoms with Gasteiger partial charge in [-0.1, -0.05) is 17.0 Å². The molecule has 0 saturated heterocycles. The largest absolute Gasteiger partial charge is 0.533 e. The Kier molecular flexibility index (Phi) is 10.8. The van der Waals surface area contributed by atoms with E-state index in [4.69, 9.17) is 4.42 Å². The summed E-state index contributed by atoms with van der Waals surface area (Å²) in [5.74, 6) is -48.7. The molecule has 0 bridgehead atoms. The first-order valence-corrected chi connectivity index (χ1v) is 21.6. The van der Waals surface area contributed by atoms with Crippen LogP contribution >= 0.6 is 0 Å². The van der Waals surface area contributed by atoms with Crippen LogP contribution in [0.5, 0.6) is 167 Å². The molecule has 10 aromatic carbocycles. The van der Waals surface area contributed by atoms with Crippen LogP contribution in [0.15, 0.2) is 4.42 Å². The molecule has 30 nitrogen and oxygen atoms in total. The minimum Gasteiger partial charge on any atom is -0.533 e. The number of rotatable bonds is 3. The molecular formula is C50H29O30U-. The van der Waals surface area contributed by atoms with Crippen molar-refractivity contribution in [3.05, 3.63) is 6.07 Å². The van der Waals surface area contributed by atoms with Gasteiger partial charge in [0.1, 0.15) is 17.2 Å². The molecule has 0 aliphatic rings. The molecule has 0 radical (unpaired) electrons. The third-order valence-electron chi connectivity index (χ3n) is 13.9. The zero-order chi connectivity index (χ0) is 58.7. The molecule has 29 N–H and O–H groups in total. The second kappa shape index (κ2) is 16.5. The Balaban J connectivity index is 0.00000736. The Morgan fingerprint density at radius 3 is 0.815 bits per heavy atom. The van der Waals surface area contributed by atoms with Crippen LogP contribution in [-0.4, -0.2) is 148 Å². The van der Waals surface area contributed by atoms with Gasteiger partial charge in [-0.05, 0) is 5.56 Å². The Bertz CT molecular complexity index is 4790. The van der Waals surface area contributed by atoms with Gasteiger partial charge in [0.15, 0.2) is 80.3 Å². The van der Waals surface area contributed by atoms with Crippen molar-refractivity contribution in [3.8, 4) is 200 Å². The summed E-state index contributed by atoms with van der Waals surface area (Å²) in [6, 6.07) is 1.94. The standard InChI is InChI=1S/C50H29O30.U/c51-2-1-3(52)49-15(21-24(55)19-20(37(68)50(21)80-49)36(67)48(79)47(78)35(19)66)4(2)5-7-9(27(58)41(72)39(70)25(7)56)6(10-8(5)26(57)40(71)42(73)28(10)59)16-23(54)17(33(64)38(69)32(16)63)13-11-12(30(61)44(75)43(74)29(11)60)14-18(22(13)53)34(65)46(77)45(76)31(14)62;/h51-79H;/q-1;. The number of phenols is 29. The van der Waals surface area contributed by atoms with Gasteiger partial charge in [0.25, 0.3) is 0 Å². The van der Waals surface area contributed by atoms with Gasteiger partial charge >= 0.3 is 0 Å². The SMILES string of the molecule is Oc1[c-]c(O)c2oc3c(O)c4c(O)c(O)c(O)c(O)c4c(O)c3c2c1-c1c2c(O)c(O)c(O)c(O)c2c(-c2c(O)c(O)c(O)c(-c3c(O)c4c(O)c(O)c(O)c(O)c4c4c(O)c(O)c(O)c(O)c34)c2O)c2c(O)c(O)c(O)c(O)c12.[U]. The van der Waals surface area contributed by atoms with E-state index in [2.05, 4.69) is 0 Å². The monoisotopic (exact) mass is 1350 g/mol. The van der Waals surface area contributed by atoms with E-state index in [0.717, 1.165) is 0 Å². The summed E-state index contributed by atoms with van der Waals surface area (Å²) in [6.45, 7) is 0. The topological polar surface area (TPSA) is 600 Å². The molecule has 414 valence electrons. The predicted molar refractivity (Wildman–Crippen MR) is 265 cm³/mol. The number of fused-ring (bicyclic) bond motifs is 9. The average molecular weight is 1350 g/mol. The summed E-state index contributed by atoms with van der Waals surface area (Å²) in [5.41, 5.74) is -11.1. The first-order chi connectivity index (χ1) is 37.4. The fraction of sp³-hybridized carbons (Fsp3) is 0. The zero-order valence-corrected chi connectivity index (χ0v) is 43.0. The molecule has 0 amide bonds. The van der Waals surface area contributed by atoms with Crippen molar-refractivity contribution in [2.24, 2.45) is 0 Å². The Labute approximate surface area is 463 Å². The van der Waals surface area contributed by atoms with Crippen LogP contribution in [0.25, 0.3) is 109 Å². The van der Waals surface area contributed by atoms with Crippen molar-refractivity contribution >= 4 is 75.8 Å². The molecule has 1 heterocycles. The molecule has 0 saturated carbocycles. The number of hydrogen-bond acceptors (Lipinski definition) is 30. The van der Waals surface area contributed by atoms with Gasteiger partial charge in [0.05, 0.1) is 32.9 Å². The van der Waals surface area contributed by atoms with Gasteiger partial charge in [-0.25, -0.2) is 0 Å². The second-order valence-electron chi connectivity index (χ2n) is 17.7. The normalized spacial score (nSPS) is 11.8. The minimum atomic E-state index is -1.95. The summed E-state index contributed by atoms with van der Waals surface area (Å²) in [5, 5.41) is 314. The Morgan fingerprint density at radius 1 is 0.160 bits per heavy atom. The van der Waals surface area contributed by atoms with Crippen LogP contribution in [0.4, 0.5) is 0 Å². The minimum absolute atomic E-state index is 0. The van der Waals surface area contributed by atoms with Crippen LogP contribution in [0.3, 0.4) is 0 Å². The molecular weight excluding hydrogens is 1320 g/mol. The molecule has 11 rings (SSSR count). The van der Waals surface area contributed by atoms with E-state index in [1.807, 2.05) is 6.07 Å². The molecule has 1 aromatic heterocycles. The maximum atomic E-state index is 12.6. The number of furan rings is 1. The molecule has 0 atom stereocenters. The van der Waals surface area contributed by atoms with Crippen LogP contribution in [0.1, 0.15) is 0 Å². The predicted octanol–water partition coefficient (Wildman–Crippen LogP) is 5.62. The fourth-order valence-corrected chi connectivity index (χ4v) is 10.4. The maximum absolute atomic E-state index is 12.6. The van der Waals surface area contributed by atoms with E-state index < -0.39 is 276 Å². The van der Waals surface area contributed by atoms with Crippen LogP contribution < -0.4 is 0 Å². The van der Waals surface area contributed by atoms with Gasteiger partial charge in [0.2, 0.25) is 63.2 Å². The maximum Gasteiger partial charge on any atom is 0.205 e. The van der Waals surface area contributed by atoms with Gasteiger partial charge in [0, 0.05) is 96.8 Å². The summed E-state index contributed by atoms with van der Waals surface area (Å²) in [7, 11) is 0. The Hall–Kier alpha value is -11.4. The van der Waals surface area contributed by atoms with E-state index >= 15 is 0 Å². The number of phenolic OH excluding ortho intramolecular Hbond substituents is 29. The third kappa shape index (κ3) is 6.02. The van der Waals surface area contributed by atoms with Crippen molar-refractivity contribution < 1.29 is 184 Å². The van der Waals surface area contributed by atoms with E-state index in [1.165, 1.54) is 0 Å². The molecule has 31 heteroatoms. The summed E-state index contributed by atoms with van der Waals surface area (Å²) >= 11 is 0.